The van der Waals surface area contributed by atoms with Gasteiger partial charge in [0.15, 0.2) is 11.7 Å². The van der Waals surface area contributed by atoms with E-state index in [2.05, 4.69) is 36.4 Å². The Kier molecular flexibility index (Phi) is 4.54. The minimum Gasteiger partial charge on any atom is -0.364 e. The number of carbonyl (C=O) groups is 1. The number of amides is 1. The molecule has 3 N–H and O–H groups in total. The van der Waals surface area contributed by atoms with Crippen LogP contribution in [0.5, 0.6) is 0 Å². The first-order valence-electron chi connectivity index (χ1n) is 9.46. The molecule has 0 aliphatic carbocycles. The zero-order valence-corrected chi connectivity index (χ0v) is 16.3. The van der Waals surface area contributed by atoms with E-state index in [-0.39, 0.29) is 24.4 Å². The lowest BCUT2D eigenvalue weighted by Gasteiger charge is -2.19. The molecular weight excluding hydrogens is 403 g/mol. The maximum Gasteiger partial charge on any atom is 0.222 e. The van der Waals surface area contributed by atoms with Crippen LogP contribution in [-0.2, 0) is 11.3 Å². The zero-order chi connectivity index (χ0) is 21.4. The summed E-state index contributed by atoms with van der Waals surface area (Å²) in [7, 11) is 0. The highest BCUT2D eigenvalue weighted by Crippen LogP contribution is 2.22. The van der Waals surface area contributed by atoms with Crippen molar-refractivity contribution in [2.75, 3.05) is 0 Å². The van der Waals surface area contributed by atoms with Crippen molar-refractivity contribution in [1.82, 2.24) is 31.0 Å². The molecule has 2 aliphatic rings. The van der Waals surface area contributed by atoms with Crippen LogP contribution < -0.4 is 16.1 Å². The molecule has 4 heterocycles. The molecule has 0 fully saturated rings. The molecule has 156 valence electrons. The largest absolute Gasteiger partial charge is 0.364 e. The third-order valence-electron chi connectivity index (χ3n) is 4.80. The lowest BCUT2D eigenvalue weighted by atomic mass is 10.1. The van der Waals surface area contributed by atoms with Gasteiger partial charge in [-0.1, -0.05) is 23.4 Å². The Hall–Kier alpha value is -4.28. The number of amidine groups is 2. The average Bonchev–Trinajstić information content (AvgIpc) is 3.49. The Balaban J connectivity index is 1.49. The first-order chi connectivity index (χ1) is 15.1. The molecule has 31 heavy (non-hydrogen) atoms. The van der Waals surface area contributed by atoms with Crippen molar-refractivity contribution in [3.8, 4) is 11.4 Å². The molecule has 1 amide bonds. The Morgan fingerprint density at radius 2 is 2.16 bits per heavy atom. The quantitative estimate of drug-likeness (QED) is 0.586. The molecule has 0 saturated heterocycles. The first kappa shape index (κ1) is 18.7. The second kappa shape index (κ2) is 7.52. The van der Waals surface area contributed by atoms with Crippen molar-refractivity contribution in [2.24, 2.45) is 10.1 Å². The topological polar surface area (TPSA) is 122 Å². The molecule has 2 aliphatic heterocycles. The number of aliphatic imine (C=N–C) groups is 1. The zero-order valence-electron chi connectivity index (χ0n) is 16.3. The molecule has 1 unspecified atom stereocenters. The normalized spacial score (nSPS) is 17.1. The van der Waals surface area contributed by atoms with Gasteiger partial charge < -0.3 is 15.2 Å². The number of nitrogens with zero attached hydrogens (tertiary/aromatic N) is 5. The highest BCUT2D eigenvalue weighted by Gasteiger charge is 2.30. The van der Waals surface area contributed by atoms with Crippen molar-refractivity contribution < 1.29 is 13.7 Å². The summed E-state index contributed by atoms with van der Waals surface area (Å²) >= 11 is 0. The maximum absolute atomic E-state index is 14.2. The molecule has 3 aromatic rings. The van der Waals surface area contributed by atoms with Gasteiger partial charge in [0.2, 0.25) is 5.91 Å². The van der Waals surface area contributed by atoms with E-state index in [9.17, 15) is 9.18 Å². The van der Waals surface area contributed by atoms with Crippen LogP contribution in [0.2, 0.25) is 0 Å². The summed E-state index contributed by atoms with van der Waals surface area (Å²) in [6.07, 6.45) is 2.72. The Morgan fingerprint density at radius 1 is 1.29 bits per heavy atom. The second-order valence-corrected chi connectivity index (χ2v) is 6.96. The van der Waals surface area contributed by atoms with Gasteiger partial charge in [-0.2, -0.15) is 10.2 Å². The number of halogens is 1. The summed E-state index contributed by atoms with van der Waals surface area (Å²) < 4.78 is 20.8. The molecule has 0 radical (unpaired) electrons. The number of fused-ring (bicyclic) bond motifs is 1. The van der Waals surface area contributed by atoms with Crippen LogP contribution in [0.15, 0.2) is 69.1 Å². The highest BCUT2D eigenvalue weighted by atomic mass is 19.1. The van der Waals surface area contributed by atoms with E-state index in [1.807, 2.05) is 0 Å². The molecular formula is C20H17FN8O2. The number of carbonyl (C=O) groups excluding carboxylic acids is 1. The third-order valence-corrected chi connectivity index (χ3v) is 4.80. The molecule has 2 aromatic heterocycles. The standard InChI is InChI=1S/C20H17FN8O2/c1-11(30)23-18-13-9-22-20(24-19(13)26-25-18)16-8-17(15-6-7-31-28-15)29(27-16)10-12-4-2-3-5-14(12)21/h2-9,19,26H,10H2,1H3,(H,22,24)(H,23,25,30). The van der Waals surface area contributed by atoms with Gasteiger partial charge in [-0.15, -0.1) is 0 Å². The minimum atomic E-state index is -0.360. The number of hydrogen-bond acceptors (Lipinski definition) is 8. The van der Waals surface area contributed by atoms with E-state index in [4.69, 9.17) is 4.52 Å². The lowest BCUT2D eigenvalue weighted by molar-refractivity contribution is -0.117. The average molecular weight is 420 g/mol. The van der Waals surface area contributed by atoms with E-state index in [0.717, 1.165) is 0 Å². The molecule has 0 saturated carbocycles. The van der Waals surface area contributed by atoms with Crippen LogP contribution in [0.4, 0.5) is 4.39 Å². The van der Waals surface area contributed by atoms with E-state index in [0.29, 0.717) is 39.9 Å². The number of hydrogen-bond donors (Lipinski definition) is 3. The van der Waals surface area contributed by atoms with Crippen LogP contribution >= 0.6 is 0 Å². The fourth-order valence-corrected chi connectivity index (χ4v) is 3.35. The van der Waals surface area contributed by atoms with E-state index >= 15 is 0 Å². The van der Waals surface area contributed by atoms with Gasteiger partial charge in [-0.05, 0) is 12.1 Å². The third kappa shape index (κ3) is 3.56. The van der Waals surface area contributed by atoms with Gasteiger partial charge in [0.05, 0.1) is 17.8 Å². The van der Waals surface area contributed by atoms with Crippen LogP contribution in [0.3, 0.4) is 0 Å². The van der Waals surface area contributed by atoms with Gasteiger partial charge in [0.25, 0.3) is 0 Å². The van der Waals surface area contributed by atoms with Crippen molar-refractivity contribution >= 4 is 17.6 Å². The summed E-state index contributed by atoms with van der Waals surface area (Å²) in [6.45, 7) is 1.62. The summed E-state index contributed by atoms with van der Waals surface area (Å²) in [5, 5.41) is 18.6. The van der Waals surface area contributed by atoms with Crippen LogP contribution in [0, 0.1) is 5.82 Å². The predicted octanol–water partition coefficient (Wildman–Crippen LogP) is 1.34. The van der Waals surface area contributed by atoms with Gasteiger partial charge in [-0.3, -0.25) is 14.9 Å². The van der Waals surface area contributed by atoms with Crippen molar-refractivity contribution in [1.29, 1.82) is 0 Å². The van der Waals surface area contributed by atoms with Gasteiger partial charge in [-0.25, -0.2) is 9.38 Å². The molecule has 1 aromatic carbocycles. The number of nitrogens with one attached hydrogen (secondary N) is 3. The maximum atomic E-state index is 14.2. The van der Waals surface area contributed by atoms with Crippen molar-refractivity contribution in [3.63, 3.8) is 0 Å². The summed E-state index contributed by atoms with van der Waals surface area (Å²) in [5.41, 5.74) is 5.88. The molecule has 0 bridgehead atoms. The molecule has 0 spiro atoms. The van der Waals surface area contributed by atoms with E-state index in [1.165, 1.54) is 19.3 Å². The predicted molar refractivity (Wildman–Crippen MR) is 109 cm³/mol. The monoisotopic (exact) mass is 420 g/mol. The molecule has 10 nitrogen and oxygen atoms in total. The second-order valence-electron chi connectivity index (χ2n) is 6.96. The Morgan fingerprint density at radius 3 is 2.94 bits per heavy atom. The Labute approximate surface area is 175 Å². The van der Waals surface area contributed by atoms with Crippen LogP contribution in [0.25, 0.3) is 11.4 Å². The summed E-state index contributed by atoms with van der Waals surface area (Å²) in [6, 6.07) is 10.0. The molecule has 1 atom stereocenters. The highest BCUT2D eigenvalue weighted by molar-refractivity contribution is 6.10. The van der Waals surface area contributed by atoms with Crippen molar-refractivity contribution in [3.05, 3.63) is 71.5 Å². The fraction of sp³-hybridized carbons (Fsp3) is 0.150. The Bertz CT molecular complexity index is 1240. The number of aromatic nitrogens is 3. The van der Waals surface area contributed by atoms with Gasteiger partial charge in [0.1, 0.15) is 29.6 Å². The minimum absolute atomic E-state index is 0.209. The summed E-state index contributed by atoms with van der Waals surface area (Å²) in [5.74, 6) is 0.379. The SMILES string of the molecule is CC(=O)NC1=NNC2NC(c3cc(-c4ccon4)n(Cc4ccccc4F)n3)=NC=C12. The van der Waals surface area contributed by atoms with Crippen LogP contribution in [-0.4, -0.2) is 38.7 Å². The number of hydrazone groups is 1. The summed E-state index contributed by atoms with van der Waals surface area (Å²) in [4.78, 5) is 15.8. The smallest absolute Gasteiger partial charge is 0.222 e. The molecule has 5 rings (SSSR count). The van der Waals surface area contributed by atoms with Crippen molar-refractivity contribution in [2.45, 2.75) is 19.6 Å². The number of benzene rings is 1. The van der Waals surface area contributed by atoms with Crippen LogP contribution in [0.1, 0.15) is 18.2 Å². The van der Waals surface area contributed by atoms with E-state index < -0.39 is 0 Å². The number of rotatable bonds is 4. The van der Waals surface area contributed by atoms with E-state index in [1.54, 1.807) is 41.2 Å². The fourth-order valence-electron chi connectivity index (χ4n) is 3.35. The lowest BCUT2D eigenvalue weighted by Crippen LogP contribution is -2.45. The molecule has 11 heteroatoms. The van der Waals surface area contributed by atoms with Gasteiger partial charge in [0, 0.05) is 24.8 Å². The first-order valence-corrected chi connectivity index (χ1v) is 9.46. The van der Waals surface area contributed by atoms with Gasteiger partial charge >= 0.3 is 0 Å².